The molecule has 3 nitrogen and oxygen atoms in total. The summed E-state index contributed by atoms with van der Waals surface area (Å²) in [6.07, 6.45) is 0.939. The fourth-order valence-electron chi connectivity index (χ4n) is 2.95. The standard InChI is InChI=1S/C16H23BrN2O/c1-12(2)16(8-9-18-11-16)15(20)19(3)10-13-4-6-14(17)7-5-13/h4-7,12,18H,8-11H2,1-3H3. The summed E-state index contributed by atoms with van der Waals surface area (Å²) in [5.41, 5.74) is 0.929. The molecule has 1 fully saturated rings. The Morgan fingerprint density at radius 2 is 2.05 bits per heavy atom. The minimum absolute atomic E-state index is 0.232. The molecule has 0 radical (unpaired) electrons. The first-order valence-electron chi connectivity index (χ1n) is 7.16. The lowest BCUT2D eigenvalue weighted by Gasteiger charge is -2.35. The van der Waals surface area contributed by atoms with Crippen molar-refractivity contribution in [1.29, 1.82) is 0 Å². The van der Waals surface area contributed by atoms with Crippen LogP contribution in [0.1, 0.15) is 25.8 Å². The quantitative estimate of drug-likeness (QED) is 0.915. The van der Waals surface area contributed by atoms with E-state index in [9.17, 15) is 4.79 Å². The zero-order chi connectivity index (χ0) is 14.8. The van der Waals surface area contributed by atoms with E-state index in [1.165, 1.54) is 0 Å². The predicted molar refractivity (Wildman–Crippen MR) is 85.4 cm³/mol. The van der Waals surface area contributed by atoms with Gasteiger partial charge in [0.05, 0.1) is 5.41 Å². The Bertz CT molecular complexity index is 464. The third kappa shape index (κ3) is 3.07. The molecular formula is C16H23BrN2O. The Morgan fingerprint density at radius 3 is 2.55 bits per heavy atom. The van der Waals surface area contributed by atoms with Gasteiger partial charge in [-0.3, -0.25) is 4.79 Å². The normalized spacial score (nSPS) is 22.2. The summed E-state index contributed by atoms with van der Waals surface area (Å²) in [4.78, 5) is 14.7. The van der Waals surface area contributed by atoms with Crippen molar-refractivity contribution >= 4 is 21.8 Å². The van der Waals surface area contributed by atoms with E-state index in [-0.39, 0.29) is 11.3 Å². The van der Waals surface area contributed by atoms with E-state index in [0.29, 0.717) is 12.5 Å². The highest BCUT2D eigenvalue weighted by atomic mass is 79.9. The Hall–Kier alpha value is -0.870. The Labute approximate surface area is 129 Å². The van der Waals surface area contributed by atoms with E-state index in [4.69, 9.17) is 0 Å². The summed E-state index contributed by atoms with van der Waals surface area (Å²) < 4.78 is 1.06. The summed E-state index contributed by atoms with van der Waals surface area (Å²) in [6.45, 7) is 6.71. The highest BCUT2D eigenvalue weighted by Gasteiger charge is 2.45. The Balaban J connectivity index is 2.09. The van der Waals surface area contributed by atoms with Gasteiger partial charge in [-0.05, 0) is 36.6 Å². The third-order valence-electron chi connectivity index (χ3n) is 4.40. The zero-order valence-corrected chi connectivity index (χ0v) is 14.0. The van der Waals surface area contributed by atoms with Crippen LogP contribution in [0.25, 0.3) is 0 Å². The van der Waals surface area contributed by atoms with Crippen LogP contribution >= 0.6 is 15.9 Å². The largest absolute Gasteiger partial charge is 0.341 e. The Morgan fingerprint density at radius 1 is 1.40 bits per heavy atom. The van der Waals surface area contributed by atoms with Gasteiger partial charge in [-0.25, -0.2) is 0 Å². The number of carbonyl (C=O) groups is 1. The van der Waals surface area contributed by atoms with Gasteiger partial charge in [-0.2, -0.15) is 0 Å². The summed E-state index contributed by atoms with van der Waals surface area (Å²) >= 11 is 3.43. The molecule has 110 valence electrons. The van der Waals surface area contributed by atoms with Gasteiger partial charge in [0.15, 0.2) is 0 Å². The van der Waals surface area contributed by atoms with Gasteiger partial charge in [0.2, 0.25) is 5.91 Å². The van der Waals surface area contributed by atoms with Crippen LogP contribution < -0.4 is 5.32 Å². The van der Waals surface area contributed by atoms with Crippen LogP contribution in [-0.4, -0.2) is 30.9 Å². The van der Waals surface area contributed by atoms with Gasteiger partial charge in [-0.1, -0.05) is 41.9 Å². The first kappa shape index (κ1) is 15.5. The molecule has 4 heteroatoms. The number of amides is 1. The van der Waals surface area contributed by atoms with Crippen molar-refractivity contribution in [1.82, 2.24) is 10.2 Å². The van der Waals surface area contributed by atoms with Crippen molar-refractivity contribution in [2.24, 2.45) is 11.3 Å². The summed E-state index contributed by atoms with van der Waals surface area (Å²) in [6, 6.07) is 8.15. The van der Waals surface area contributed by atoms with Crippen LogP contribution in [-0.2, 0) is 11.3 Å². The third-order valence-corrected chi connectivity index (χ3v) is 4.93. The second kappa shape index (κ2) is 6.27. The van der Waals surface area contributed by atoms with Crippen LogP contribution in [0.2, 0.25) is 0 Å². The highest BCUT2D eigenvalue weighted by molar-refractivity contribution is 9.10. The first-order valence-corrected chi connectivity index (χ1v) is 7.96. The van der Waals surface area contributed by atoms with E-state index in [1.54, 1.807) is 0 Å². The number of hydrogen-bond donors (Lipinski definition) is 1. The lowest BCUT2D eigenvalue weighted by atomic mass is 9.75. The van der Waals surface area contributed by atoms with Gasteiger partial charge in [0.1, 0.15) is 0 Å². The van der Waals surface area contributed by atoms with Crippen LogP contribution in [0.15, 0.2) is 28.7 Å². The van der Waals surface area contributed by atoms with E-state index in [1.807, 2.05) is 24.1 Å². The molecule has 1 amide bonds. The van der Waals surface area contributed by atoms with Crippen molar-refractivity contribution < 1.29 is 4.79 Å². The van der Waals surface area contributed by atoms with E-state index in [2.05, 4.69) is 47.2 Å². The maximum atomic E-state index is 12.9. The minimum atomic E-state index is -0.232. The van der Waals surface area contributed by atoms with Gasteiger partial charge in [0.25, 0.3) is 0 Å². The molecular weight excluding hydrogens is 316 g/mol. The average Bonchev–Trinajstić information content (AvgIpc) is 2.91. The molecule has 0 aromatic heterocycles. The van der Waals surface area contributed by atoms with Crippen molar-refractivity contribution in [3.63, 3.8) is 0 Å². The van der Waals surface area contributed by atoms with Gasteiger partial charge >= 0.3 is 0 Å². The monoisotopic (exact) mass is 338 g/mol. The fraction of sp³-hybridized carbons (Fsp3) is 0.562. The number of nitrogens with one attached hydrogen (secondary N) is 1. The molecule has 0 aliphatic carbocycles. The predicted octanol–water partition coefficient (Wildman–Crippen LogP) is 3.04. The molecule has 2 rings (SSSR count). The molecule has 1 unspecified atom stereocenters. The number of nitrogens with zero attached hydrogens (tertiary/aromatic N) is 1. The molecule has 1 aromatic rings. The molecule has 1 atom stereocenters. The lowest BCUT2D eigenvalue weighted by Crippen LogP contribution is -2.46. The fourth-order valence-corrected chi connectivity index (χ4v) is 3.21. The highest BCUT2D eigenvalue weighted by Crippen LogP contribution is 2.36. The maximum Gasteiger partial charge on any atom is 0.230 e. The SMILES string of the molecule is CC(C)C1(C(=O)N(C)Cc2ccc(Br)cc2)CCNC1. The van der Waals surface area contributed by atoms with E-state index in [0.717, 1.165) is 29.5 Å². The Kier molecular flexibility index (Phi) is 4.86. The molecule has 20 heavy (non-hydrogen) atoms. The van der Waals surface area contributed by atoms with Crippen LogP contribution in [0, 0.1) is 11.3 Å². The second-order valence-corrected chi connectivity index (χ2v) is 6.94. The topological polar surface area (TPSA) is 32.3 Å². The van der Waals surface area contributed by atoms with Crippen molar-refractivity contribution in [2.75, 3.05) is 20.1 Å². The minimum Gasteiger partial charge on any atom is -0.341 e. The van der Waals surface area contributed by atoms with Crippen LogP contribution in [0.5, 0.6) is 0 Å². The molecule has 0 saturated carbocycles. The molecule has 1 aromatic carbocycles. The molecule has 0 bridgehead atoms. The van der Waals surface area contributed by atoms with Crippen molar-refractivity contribution in [2.45, 2.75) is 26.8 Å². The van der Waals surface area contributed by atoms with Crippen LogP contribution in [0.3, 0.4) is 0 Å². The van der Waals surface area contributed by atoms with Gasteiger partial charge < -0.3 is 10.2 Å². The molecule has 0 spiro atoms. The molecule has 1 N–H and O–H groups in total. The zero-order valence-electron chi connectivity index (χ0n) is 12.4. The van der Waals surface area contributed by atoms with E-state index >= 15 is 0 Å². The summed E-state index contributed by atoms with van der Waals surface area (Å²) in [7, 11) is 1.91. The lowest BCUT2D eigenvalue weighted by molar-refractivity contribution is -0.142. The summed E-state index contributed by atoms with van der Waals surface area (Å²) in [5, 5.41) is 3.35. The summed E-state index contributed by atoms with van der Waals surface area (Å²) in [5.74, 6) is 0.623. The van der Waals surface area contributed by atoms with Crippen molar-refractivity contribution in [3.8, 4) is 0 Å². The second-order valence-electron chi connectivity index (χ2n) is 6.03. The number of carbonyl (C=O) groups excluding carboxylic acids is 1. The molecule has 1 aliphatic heterocycles. The van der Waals surface area contributed by atoms with E-state index < -0.39 is 0 Å². The van der Waals surface area contributed by atoms with Gasteiger partial charge in [-0.15, -0.1) is 0 Å². The number of halogens is 1. The smallest absolute Gasteiger partial charge is 0.230 e. The number of hydrogen-bond acceptors (Lipinski definition) is 2. The number of rotatable bonds is 4. The maximum absolute atomic E-state index is 12.9. The molecule has 1 aliphatic rings. The molecule has 1 heterocycles. The van der Waals surface area contributed by atoms with Crippen molar-refractivity contribution in [3.05, 3.63) is 34.3 Å². The molecule has 1 saturated heterocycles. The van der Waals surface area contributed by atoms with Gasteiger partial charge in [0, 0.05) is 24.6 Å². The average molecular weight is 339 g/mol. The van der Waals surface area contributed by atoms with Crippen LogP contribution in [0.4, 0.5) is 0 Å². The number of benzene rings is 1. The first-order chi connectivity index (χ1) is 9.45.